The Labute approximate surface area is 342 Å². The summed E-state index contributed by atoms with van der Waals surface area (Å²) >= 11 is 0. The van der Waals surface area contributed by atoms with Gasteiger partial charge < -0.3 is 69.3 Å². The number of rotatable bonds is 12. The molecule has 0 radical (unpaired) electrons. The van der Waals surface area contributed by atoms with Gasteiger partial charge in [-0.1, -0.05) is 39.3 Å². The molecule has 6 fully saturated rings. The number of hydrogen-bond acceptors (Lipinski definition) is 15. The number of aliphatic hydroxyl groups excluding tert-OH is 7. The number of carbonyl (C=O) groups is 2. The van der Waals surface area contributed by atoms with Gasteiger partial charge in [0.25, 0.3) is 0 Å². The Morgan fingerprint density at radius 1 is 0.879 bits per heavy atom. The van der Waals surface area contributed by atoms with Crippen molar-refractivity contribution in [3.63, 3.8) is 0 Å². The van der Waals surface area contributed by atoms with Gasteiger partial charge in [0.15, 0.2) is 18.7 Å². The third-order valence-electron chi connectivity index (χ3n) is 16.4. The Bertz CT molecular complexity index is 1500. The van der Waals surface area contributed by atoms with Crippen LogP contribution in [-0.4, -0.2) is 146 Å². The van der Waals surface area contributed by atoms with Gasteiger partial charge >= 0.3 is 5.97 Å². The predicted octanol–water partition coefficient (Wildman–Crippen LogP) is 1.51. The molecule has 0 aromatic rings. The van der Waals surface area contributed by atoms with Crippen LogP contribution in [-0.2, 0) is 33.3 Å². The van der Waals surface area contributed by atoms with Gasteiger partial charge in [0.1, 0.15) is 42.9 Å². The number of fused-ring (bicyclic) bond motifs is 5. The Hall–Kier alpha value is -1.60. The number of ether oxygens (including phenoxy) is 5. The molecule has 8 N–H and O–H groups in total. The van der Waals surface area contributed by atoms with E-state index in [0.717, 1.165) is 38.0 Å². The SMILES string of the molecule is CC(=O)OC1C(O)COC(OC2C(OC3CCC4(C)C(CC(O)C5(C=O)C4CCC4C(C(C)(O)CCC=C(C)CO)CCC45C)C3(C)C)OC(CO)C(O)C2O)C1O. The lowest BCUT2D eigenvalue weighted by molar-refractivity contribution is -0.371. The maximum atomic E-state index is 13.8. The molecule has 2 aliphatic heterocycles. The second kappa shape index (κ2) is 16.9. The van der Waals surface area contributed by atoms with Crippen LogP contribution in [0.2, 0.25) is 0 Å². The summed E-state index contributed by atoms with van der Waals surface area (Å²) in [6.45, 7) is 12.4. The largest absolute Gasteiger partial charge is 0.457 e. The van der Waals surface area contributed by atoms with Gasteiger partial charge in [-0.15, -0.1) is 0 Å². The van der Waals surface area contributed by atoms with Gasteiger partial charge in [0.2, 0.25) is 0 Å². The summed E-state index contributed by atoms with van der Waals surface area (Å²) in [7, 11) is 0. The molecular formula is C43H70O15. The minimum atomic E-state index is -1.67. The van der Waals surface area contributed by atoms with E-state index in [-0.39, 0.29) is 42.3 Å². The molecule has 0 aromatic heterocycles. The van der Waals surface area contributed by atoms with Crippen LogP contribution >= 0.6 is 0 Å². The van der Waals surface area contributed by atoms with Crippen molar-refractivity contribution >= 4 is 12.3 Å². The maximum Gasteiger partial charge on any atom is 0.303 e. The predicted molar refractivity (Wildman–Crippen MR) is 206 cm³/mol. The van der Waals surface area contributed by atoms with E-state index < -0.39 is 102 Å². The van der Waals surface area contributed by atoms with Gasteiger partial charge in [0.05, 0.1) is 43.0 Å². The zero-order chi connectivity index (χ0) is 42.7. The van der Waals surface area contributed by atoms with Crippen LogP contribution in [0.1, 0.15) is 106 Å². The number of hydrogen-bond donors (Lipinski definition) is 8. The van der Waals surface area contributed by atoms with Crippen LogP contribution in [0.4, 0.5) is 0 Å². The van der Waals surface area contributed by atoms with E-state index in [1.807, 2.05) is 19.9 Å². The van der Waals surface area contributed by atoms with Gasteiger partial charge in [-0.2, -0.15) is 0 Å². The van der Waals surface area contributed by atoms with E-state index in [9.17, 15) is 50.4 Å². The van der Waals surface area contributed by atoms with Gasteiger partial charge in [-0.3, -0.25) is 4.79 Å². The first-order valence-corrected chi connectivity index (χ1v) is 21.4. The normalized spacial score (nSPS) is 48.9. The Balaban J connectivity index is 1.24. The first-order valence-electron chi connectivity index (χ1n) is 21.4. The van der Waals surface area contributed by atoms with Crippen molar-refractivity contribution in [3.8, 4) is 0 Å². The number of esters is 1. The highest BCUT2D eigenvalue weighted by Gasteiger charge is 2.74. The molecule has 4 saturated carbocycles. The van der Waals surface area contributed by atoms with Gasteiger partial charge in [-0.25, -0.2) is 0 Å². The lowest BCUT2D eigenvalue weighted by atomic mass is 9.34. The topological polar surface area (TPSA) is 242 Å². The molecule has 19 atom stereocenters. The van der Waals surface area contributed by atoms with E-state index in [4.69, 9.17) is 23.7 Å². The zero-order valence-corrected chi connectivity index (χ0v) is 35.2. The van der Waals surface area contributed by atoms with Crippen molar-refractivity contribution in [1.29, 1.82) is 0 Å². The monoisotopic (exact) mass is 826 g/mol. The molecule has 0 amide bonds. The lowest BCUT2D eigenvalue weighted by Crippen LogP contribution is -2.70. The molecule has 58 heavy (non-hydrogen) atoms. The van der Waals surface area contributed by atoms with Crippen LogP contribution in [0.25, 0.3) is 0 Å². The highest BCUT2D eigenvalue weighted by molar-refractivity contribution is 5.66. The highest BCUT2D eigenvalue weighted by Crippen LogP contribution is 2.75. The molecule has 0 bridgehead atoms. The maximum absolute atomic E-state index is 13.8. The molecule has 2 heterocycles. The third-order valence-corrected chi connectivity index (χ3v) is 16.4. The zero-order valence-electron chi connectivity index (χ0n) is 35.2. The summed E-state index contributed by atoms with van der Waals surface area (Å²) in [6, 6.07) is 0. The standard InChI is InChI=1S/C43H70O15/c1-22(18-44)9-8-14-42(7,53)25-12-16-41(6)24(25)10-11-28-40(5)15-13-31(39(3,4)29(40)17-30(49)43(28,41)21-46)57-38-36(33(51)32(50)27(19-45)56-38)58-37-34(52)35(55-23(2)47)26(48)20-54-37/h9,21,24-38,44-45,48-53H,8,10-20H2,1-7H3. The molecule has 6 aliphatic rings. The minimum absolute atomic E-state index is 0.0224. The Morgan fingerprint density at radius 3 is 2.22 bits per heavy atom. The molecule has 19 unspecified atom stereocenters. The average molecular weight is 827 g/mol. The summed E-state index contributed by atoms with van der Waals surface area (Å²) in [5.74, 6) is -1.02. The van der Waals surface area contributed by atoms with E-state index in [1.54, 1.807) is 0 Å². The molecule has 332 valence electrons. The third kappa shape index (κ3) is 7.54. The van der Waals surface area contributed by atoms with Crippen LogP contribution in [0.3, 0.4) is 0 Å². The van der Waals surface area contributed by atoms with Crippen molar-refractivity contribution < 1.29 is 74.1 Å². The van der Waals surface area contributed by atoms with E-state index >= 15 is 0 Å². The fraction of sp³-hybridized carbons (Fsp3) is 0.907. The number of aldehydes is 1. The molecule has 2 saturated heterocycles. The molecular weight excluding hydrogens is 756 g/mol. The summed E-state index contributed by atoms with van der Waals surface area (Å²) in [6.07, 6.45) is -6.05. The average Bonchev–Trinajstić information content (AvgIpc) is 3.53. The molecule has 6 rings (SSSR count). The fourth-order valence-corrected chi connectivity index (χ4v) is 13.3. The number of carbonyl (C=O) groups excluding carboxylic acids is 2. The van der Waals surface area contributed by atoms with Crippen molar-refractivity contribution in [2.45, 2.75) is 179 Å². The van der Waals surface area contributed by atoms with Crippen LogP contribution in [0, 0.1) is 45.3 Å². The number of aliphatic hydroxyl groups is 8. The van der Waals surface area contributed by atoms with E-state index in [2.05, 4.69) is 27.7 Å². The van der Waals surface area contributed by atoms with Crippen LogP contribution in [0.5, 0.6) is 0 Å². The van der Waals surface area contributed by atoms with E-state index in [1.165, 1.54) is 0 Å². The van der Waals surface area contributed by atoms with Crippen molar-refractivity contribution in [1.82, 2.24) is 0 Å². The molecule has 15 heteroatoms. The quantitative estimate of drug-likeness (QED) is 0.0602. The summed E-state index contributed by atoms with van der Waals surface area (Å²) in [4.78, 5) is 25.5. The van der Waals surface area contributed by atoms with Gasteiger partial charge in [0, 0.05) is 6.92 Å². The first-order chi connectivity index (χ1) is 27.1. The van der Waals surface area contributed by atoms with Crippen molar-refractivity contribution in [3.05, 3.63) is 11.6 Å². The fourth-order valence-electron chi connectivity index (χ4n) is 13.3. The summed E-state index contributed by atoms with van der Waals surface area (Å²) < 4.78 is 29.5. The van der Waals surface area contributed by atoms with Crippen molar-refractivity contribution in [2.24, 2.45) is 45.3 Å². The Morgan fingerprint density at radius 2 is 1.59 bits per heavy atom. The van der Waals surface area contributed by atoms with Gasteiger partial charge in [-0.05, 0) is 112 Å². The smallest absolute Gasteiger partial charge is 0.303 e. The number of allylic oxidation sites excluding steroid dienone is 1. The Kier molecular flexibility index (Phi) is 13.4. The molecule has 15 nitrogen and oxygen atoms in total. The van der Waals surface area contributed by atoms with Crippen LogP contribution in [0.15, 0.2) is 11.6 Å². The lowest BCUT2D eigenvalue weighted by Gasteiger charge is -2.70. The van der Waals surface area contributed by atoms with Crippen molar-refractivity contribution in [2.75, 3.05) is 19.8 Å². The summed E-state index contributed by atoms with van der Waals surface area (Å²) in [5, 5.41) is 87.5. The van der Waals surface area contributed by atoms with E-state index in [0.29, 0.717) is 38.5 Å². The second-order valence-corrected chi connectivity index (χ2v) is 19.9. The molecule has 0 aromatic carbocycles. The van der Waals surface area contributed by atoms with Crippen LogP contribution < -0.4 is 0 Å². The first kappa shape index (κ1) is 45.9. The molecule has 0 spiro atoms. The second-order valence-electron chi connectivity index (χ2n) is 19.9. The highest BCUT2D eigenvalue weighted by atomic mass is 16.8. The minimum Gasteiger partial charge on any atom is -0.457 e. The summed E-state index contributed by atoms with van der Waals surface area (Å²) in [5.41, 5.74) is -2.71. The molecule has 4 aliphatic carbocycles.